The molecule has 0 heterocycles. The van der Waals surface area contributed by atoms with Gasteiger partial charge in [0.05, 0.1) is 9.92 Å². The molecule has 2 rings (SSSR count). The Morgan fingerprint density at radius 3 is 2.33 bits per heavy atom. The lowest BCUT2D eigenvalue weighted by Gasteiger charge is -2.16. The predicted molar refractivity (Wildman–Crippen MR) is 93.1 cm³/mol. The maximum Gasteiger partial charge on any atom is 0.274 e. The van der Waals surface area contributed by atoms with Crippen molar-refractivity contribution >= 4 is 39.1 Å². The summed E-state index contributed by atoms with van der Waals surface area (Å²) in [6.45, 7) is 3.26. The van der Waals surface area contributed by atoms with Crippen LogP contribution in [0, 0.1) is 6.92 Å². The lowest BCUT2D eigenvalue weighted by Crippen LogP contribution is -2.40. The summed E-state index contributed by atoms with van der Waals surface area (Å²) >= 11 is 11.7. The van der Waals surface area contributed by atoms with E-state index in [-0.39, 0.29) is 15.7 Å². The number of halogens is 2. The minimum Gasteiger partial charge on any atom is -0.479 e. The summed E-state index contributed by atoms with van der Waals surface area (Å²) in [4.78, 5) is 12.1. The number of aryl methyl sites for hydroxylation is 1. The molecule has 0 aliphatic rings. The largest absolute Gasteiger partial charge is 0.479 e. The molecule has 24 heavy (non-hydrogen) atoms. The highest BCUT2D eigenvalue weighted by atomic mass is 35.5. The lowest BCUT2D eigenvalue weighted by atomic mass is 10.2. The molecule has 2 aromatic carbocycles. The number of benzene rings is 2. The molecule has 1 atom stereocenters. The molecule has 1 N–H and O–H groups in total. The Kier molecular flexibility index (Phi) is 5.74. The fourth-order valence-corrected chi connectivity index (χ4v) is 3.30. The zero-order valence-electron chi connectivity index (χ0n) is 12.9. The summed E-state index contributed by atoms with van der Waals surface area (Å²) < 4.78 is 31.8. The smallest absolute Gasteiger partial charge is 0.274 e. The molecule has 0 aliphatic heterocycles. The Hall–Kier alpha value is -1.76. The minimum atomic E-state index is -3.96. The van der Waals surface area contributed by atoms with Gasteiger partial charge in [-0.15, -0.1) is 0 Å². The van der Waals surface area contributed by atoms with E-state index in [0.717, 1.165) is 5.56 Å². The Bertz CT molecular complexity index is 851. The maximum absolute atomic E-state index is 12.2. The molecule has 0 radical (unpaired) electrons. The van der Waals surface area contributed by atoms with E-state index < -0.39 is 22.0 Å². The normalized spacial score (nSPS) is 12.5. The fraction of sp³-hybridized carbons (Fsp3) is 0.188. The second kappa shape index (κ2) is 7.42. The van der Waals surface area contributed by atoms with Gasteiger partial charge in [-0.1, -0.05) is 40.9 Å². The molecule has 0 bridgehead atoms. The molecular weight excluding hydrogens is 373 g/mol. The van der Waals surface area contributed by atoms with E-state index in [4.69, 9.17) is 27.9 Å². The van der Waals surface area contributed by atoms with Crippen molar-refractivity contribution in [1.82, 2.24) is 4.72 Å². The van der Waals surface area contributed by atoms with E-state index >= 15 is 0 Å². The van der Waals surface area contributed by atoms with Gasteiger partial charge in [0.25, 0.3) is 15.9 Å². The number of hydrogen-bond acceptors (Lipinski definition) is 4. The first-order valence-electron chi connectivity index (χ1n) is 6.94. The van der Waals surface area contributed by atoms with Crippen LogP contribution in [-0.4, -0.2) is 20.4 Å². The molecule has 0 saturated carbocycles. The molecule has 0 fully saturated rings. The van der Waals surface area contributed by atoms with Crippen LogP contribution in [0.1, 0.15) is 12.5 Å². The van der Waals surface area contributed by atoms with E-state index in [0.29, 0.717) is 5.02 Å². The van der Waals surface area contributed by atoms with Crippen LogP contribution in [0.4, 0.5) is 0 Å². The molecule has 1 amide bonds. The molecule has 0 saturated heterocycles. The molecule has 1 unspecified atom stereocenters. The van der Waals surface area contributed by atoms with Gasteiger partial charge in [-0.3, -0.25) is 4.79 Å². The van der Waals surface area contributed by atoms with Crippen molar-refractivity contribution in [1.29, 1.82) is 0 Å². The van der Waals surface area contributed by atoms with Crippen LogP contribution in [0.15, 0.2) is 47.4 Å². The summed E-state index contributed by atoms with van der Waals surface area (Å²) in [6, 6.07) is 10.7. The highest BCUT2D eigenvalue weighted by Crippen LogP contribution is 2.28. The lowest BCUT2D eigenvalue weighted by molar-refractivity contribution is -0.125. The minimum absolute atomic E-state index is 0.00169. The molecule has 0 spiro atoms. The van der Waals surface area contributed by atoms with Gasteiger partial charge in [-0.25, -0.2) is 13.1 Å². The third-order valence-electron chi connectivity index (χ3n) is 3.13. The number of nitrogens with one attached hydrogen (secondary N) is 1. The van der Waals surface area contributed by atoms with Crippen LogP contribution in [0.5, 0.6) is 5.75 Å². The summed E-state index contributed by atoms with van der Waals surface area (Å²) in [5, 5.41) is 0.648. The summed E-state index contributed by atoms with van der Waals surface area (Å²) in [5.74, 6) is -0.571. The van der Waals surface area contributed by atoms with Crippen LogP contribution in [0.3, 0.4) is 0 Å². The van der Waals surface area contributed by atoms with Crippen molar-refractivity contribution in [2.45, 2.75) is 24.8 Å². The first-order valence-corrected chi connectivity index (χ1v) is 9.18. The summed E-state index contributed by atoms with van der Waals surface area (Å²) in [5.41, 5.74) is 0.911. The summed E-state index contributed by atoms with van der Waals surface area (Å²) in [7, 11) is -3.96. The highest BCUT2D eigenvalue weighted by Gasteiger charge is 2.23. The van der Waals surface area contributed by atoms with Crippen LogP contribution >= 0.6 is 23.2 Å². The first-order chi connectivity index (χ1) is 11.2. The topological polar surface area (TPSA) is 72.5 Å². The number of carbonyl (C=O) groups excluding carboxylic acids is 1. The van der Waals surface area contributed by atoms with E-state index in [1.54, 1.807) is 18.2 Å². The Labute approximate surface area is 150 Å². The van der Waals surface area contributed by atoms with Crippen LogP contribution in [0.25, 0.3) is 0 Å². The number of ether oxygens (including phenoxy) is 1. The second-order valence-electron chi connectivity index (χ2n) is 5.12. The Morgan fingerprint density at radius 2 is 1.75 bits per heavy atom. The van der Waals surface area contributed by atoms with Gasteiger partial charge in [0.15, 0.2) is 6.10 Å². The van der Waals surface area contributed by atoms with Crippen molar-refractivity contribution in [3.8, 4) is 5.75 Å². The van der Waals surface area contributed by atoms with Gasteiger partial charge in [0.2, 0.25) is 0 Å². The average Bonchev–Trinajstić information content (AvgIpc) is 2.50. The van der Waals surface area contributed by atoms with Gasteiger partial charge < -0.3 is 4.74 Å². The number of sulfonamides is 1. The molecule has 2 aromatic rings. The van der Waals surface area contributed by atoms with Crippen molar-refractivity contribution in [3.05, 3.63) is 58.1 Å². The molecule has 128 valence electrons. The maximum atomic E-state index is 12.2. The van der Waals surface area contributed by atoms with Crippen molar-refractivity contribution in [2.24, 2.45) is 0 Å². The van der Waals surface area contributed by atoms with E-state index in [1.807, 2.05) is 11.6 Å². The number of hydrogen-bond donors (Lipinski definition) is 1. The van der Waals surface area contributed by atoms with Gasteiger partial charge in [0, 0.05) is 5.02 Å². The van der Waals surface area contributed by atoms with Crippen molar-refractivity contribution < 1.29 is 17.9 Å². The zero-order chi connectivity index (χ0) is 17.9. The van der Waals surface area contributed by atoms with Gasteiger partial charge >= 0.3 is 0 Å². The third kappa shape index (κ3) is 4.63. The fourth-order valence-electron chi connectivity index (χ4n) is 1.81. The van der Waals surface area contributed by atoms with Gasteiger partial charge in [-0.2, -0.15) is 0 Å². The monoisotopic (exact) mass is 387 g/mol. The van der Waals surface area contributed by atoms with Crippen LogP contribution < -0.4 is 9.46 Å². The number of rotatable bonds is 5. The summed E-state index contributed by atoms with van der Waals surface area (Å²) in [6.07, 6.45) is -1.07. The van der Waals surface area contributed by atoms with E-state index in [2.05, 4.69) is 0 Å². The number of amides is 1. The van der Waals surface area contributed by atoms with Crippen molar-refractivity contribution in [3.63, 3.8) is 0 Å². The van der Waals surface area contributed by atoms with Crippen LogP contribution in [-0.2, 0) is 14.8 Å². The van der Waals surface area contributed by atoms with Crippen LogP contribution in [0.2, 0.25) is 10.0 Å². The quantitative estimate of drug-likeness (QED) is 0.850. The molecule has 0 aromatic heterocycles. The van der Waals surface area contributed by atoms with Gasteiger partial charge in [0.1, 0.15) is 5.75 Å². The van der Waals surface area contributed by atoms with E-state index in [9.17, 15) is 13.2 Å². The molecule has 0 aliphatic carbocycles. The molecular formula is C16H15Cl2NO4S. The predicted octanol–water partition coefficient (Wildman–Crippen LogP) is 3.57. The molecule has 8 heteroatoms. The Balaban J connectivity index is 2.09. The zero-order valence-corrected chi connectivity index (χ0v) is 15.2. The highest BCUT2D eigenvalue weighted by molar-refractivity contribution is 7.90. The SMILES string of the molecule is Cc1ccc(S(=O)(=O)NC(=O)C(C)Oc2ccc(Cl)cc2Cl)cc1. The first kappa shape index (κ1) is 18.6. The average molecular weight is 388 g/mol. The van der Waals surface area contributed by atoms with Crippen molar-refractivity contribution in [2.75, 3.05) is 0 Å². The standard InChI is InChI=1S/C16H15Cl2NO4S/c1-10-3-6-13(7-4-10)24(21,22)19-16(20)11(2)23-15-8-5-12(17)9-14(15)18/h3-9,11H,1-2H3,(H,19,20). The van der Waals surface area contributed by atoms with E-state index in [1.165, 1.54) is 31.2 Å². The Morgan fingerprint density at radius 1 is 1.12 bits per heavy atom. The second-order valence-corrected chi connectivity index (χ2v) is 7.64. The third-order valence-corrected chi connectivity index (χ3v) is 5.03. The molecule has 5 nitrogen and oxygen atoms in total. The number of carbonyl (C=O) groups is 1. The van der Waals surface area contributed by atoms with Gasteiger partial charge in [-0.05, 0) is 44.2 Å².